The van der Waals surface area contributed by atoms with Gasteiger partial charge in [0.05, 0.1) is 0 Å². The molecule has 2 aromatic carbocycles. The monoisotopic (exact) mass is 316 g/mol. The van der Waals surface area contributed by atoms with Gasteiger partial charge in [0.2, 0.25) is 0 Å². The Morgan fingerprint density at radius 3 is 2.71 bits per heavy atom. The molecular weight excluding hydrogens is 296 g/mol. The van der Waals surface area contributed by atoms with Crippen molar-refractivity contribution in [3.8, 4) is 16.9 Å². The molecule has 0 saturated heterocycles. The summed E-state index contributed by atoms with van der Waals surface area (Å²) in [6, 6.07) is 18.7. The van der Waals surface area contributed by atoms with E-state index in [2.05, 4.69) is 47.3 Å². The quantitative estimate of drug-likeness (QED) is 0.717. The Kier molecular flexibility index (Phi) is 3.91. The van der Waals surface area contributed by atoms with Crippen LogP contribution in [-0.4, -0.2) is 18.6 Å². The highest BCUT2D eigenvalue weighted by Gasteiger charge is 2.23. The summed E-state index contributed by atoms with van der Waals surface area (Å²) in [5.41, 5.74) is 5.96. The van der Waals surface area contributed by atoms with Gasteiger partial charge in [0.25, 0.3) is 0 Å². The van der Waals surface area contributed by atoms with Crippen molar-refractivity contribution in [2.75, 3.05) is 18.5 Å². The Labute approximate surface area is 142 Å². The van der Waals surface area contributed by atoms with E-state index in [-0.39, 0.29) is 0 Å². The smallest absolute Gasteiger partial charge is 0.133 e. The van der Waals surface area contributed by atoms with E-state index in [4.69, 9.17) is 4.74 Å². The Balaban J connectivity index is 1.75. The molecule has 0 aliphatic carbocycles. The summed E-state index contributed by atoms with van der Waals surface area (Å²) in [6.45, 7) is 1.61. The molecule has 0 spiro atoms. The number of hydrogen-bond acceptors (Lipinski definition) is 3. The van der Waals surface area contributed by atoms with Gasteiger partial charge in [-0.15, -0.1) is 0 Å². The predicted molar refractivity (Wildman–Crippen MR) is 97.4 cm³/mol. The van der Waals surface area contributed by atoms with Gasteiger partial charge in [-0.05, 0) is 30.2 Å². The average molecular weight is 316 g/mol. The van der Waals surface area contributed by atoms with E-state index >= 15 is 0 Å². The lowest BCUT2D eigenvalue weighted by Gasteiger charge is -2.18. The fraction of sp³-hybridized carbons (Fsp3) is 0.190. The van der Waals surface area contributed by atoms with Crippen molar-refractivity contribution < 1.29 is 4.74 Å². The molecule has 0 N–H and O–H groups in total. The highest BCUT2D eigenvalue weighted by molar-refractivity contribution is 5.78. The molecule has 3 aromatic rings. The van der Waals surface area contributed by atoms with Crippen LogP contribution in [0.3, 0.4) is 0 Å². The third-order valence-electron chi connectivity index (χ3n) is 4.54. The standard InChI is InChI=1S/C21H20N2O/c1-23-13-11-19-20(23)10-9-18(17-8-5-12-22-14-17)21(19)24-15-16-6-3-2-4-7-16/h2-10,12,14H,11,13,15H2,1H3. The number of likely N-dealkylation sites (N-methyl/N-ethyl adjacent to an activating group) is 1. The number of anilines is 1. The lowest BCUT2D eigenvalue weighted by atomic mass is 10.0. The van der Waals surface area contributed by atoms with Crippen molar-refractivity contribution in [3.05, 3.63) is 78.1 Å². The van der Waals surface area contributed by atoms with Crippen LogP contribution in [0.5, 0.6) is 5.75 Å². The van der Waals surface area contributed by atoms with Crippen LogP contribution in [0, 0.1) is 0 Å². The average Bonchev–Trinajstić information content (AvgIpc) is 3.03. The second-order valence-corrected chi connectivity index (χ2v) is 6.13. The van der Waals surface area contributed by atoms with Crippen LogP contribution >= 0.6 is 0 Å². The summed E-state index contributed by atoms with van der Waals surface area (Å²) < 4.78 is 6.31. The largest absolute Gasteiger partial charge is 0.488 e. The minimum absolute atomic E-state index is 0.578. The number of rotatable bonds is 4. The first kappa shape index (κ1) is 14.8. The Bertz CT molecular complexity index is 831. The SMILES string of the molecule is CN1CCc2c1ccc(-c1cccnc1)c2OCc1ccccc1. The predicted octanol–water partition coefficient (Wildman–Crippen LogP) is 4.32. The molecule has 0 amide bonds. The molecule has 2 heterocycles. The molecule has 1 aromatic heterocycles. The number of hydrogen-bond donors (Lipinski definition) is 0. The molecule has 3 heteroatoms. The van der Waals surface area contributed by atoms with Gasteiger partial charge in [0.15, 0.2) is 0 Å². The van der Waals surface area contributed by atoms with Gasteiger partial charge in [0, 0.05) is 48.4 Å². The maximum Gasteiger partial charge on any atom is 0.133 e. The molecule has 0 unspecified atom stereocenters. The topological polar surface area (TPSA) is 25.4 Å². The van der Waals surface area contributed by atoms with Gasteiger partial charge in [0.1, 0.15) is 12.4 Å². The molecule has 0 saturated carbocycles. The third-order valence-corrected chi connectivity index (χ3v) is 4.54. The minimum atomic E-state index is 0.578. The van der Waals surface area contributed by atoms with E-state index in [9.17, 15) is 0 Å². The van der Waals surface area contributed by atoms with Gasteiger partial charge in [-0.25, -0.2) is 0 Å². The number of pyridine rings is 1. The van der Waals surface area contributed by atoms with Crippen LogP contribution in [0.15, 0.2) is 67.0 Å². The second-order valence-electron chi connectivity index (χ2n) is 6.13. The summed E-state index contributed by atoms with van der Waals surface area (Å²) in [5.74, 6) is 0.994. The van der Waals surface area contributed by atoms with Gasteiger partial charge in [-0.2, -0.15) is 0 Å². The molecule has 0 atom stereocenters. The fourth-order valence-corrected chi connectivity index (χ4v) is 3.26. The summed E-state index contributed by atoms with van der Waals surface area (Å²) in [4.78, 5) is 6.55. The molecule has 24 heavy (non-hydrogen) atoms. The molecule has 0 bridgehead atoms. The highest BCUT2D eigenvalue weighted by Crippen LogP contribution is 2.41. The Morgan fingerprint density at radius 1 is 1.04 bits per heavy atom. The third kappa shape index (κ3) is 2.73. The van der Waals surface area contributed by atoms with Gasteiger partial charge in [-0.3, -0.25) is 4.98 Å². The van der Waals surface area contributed by atoms with Crippen LogP contribution in [0.4, 0.5) is 5.69 Å². The molecule has 1 aliphatic heterocycles. The van der Waals surface area contributed by atoms with E-state index in [1.54, 1.807) is 6.20 Å². The summed E-state index contributed by atoms with van der Waals surface area (Å²) in [5, 5.41) is 0. The molecule has 3 nitrogen and oxygen atoms in total. The van der Waals surface area contributed by atoms with Crippen LogP contribution in [-0.2, 0) is 13.0 Å². The highest BCUT2D eigenvalue weighted by atomic mass is 16.5. The molecule has 4 rings (SSSR count). The number of aromatic nitrogens is 1. The van der Waals surface area contributed by atoms with Crippen LogP contribution in [0.1, 0.15) is 11.1 Å². The van der Waals surface area contributed by atoms with Crippen LogP contribution in [0.2, 0.25) is 0 Å². The Hall–Kier alpha value is -2.81. The first-order valence-corrected chi connectivity index (χ1v) is 8.27. The lowest BCUT2D eigenvalue weighted by molar-refractivity contribution is 0.305. The molecule has 1 aliphatic rings. The van der Waals surface area contributed by atoms with E-state index in [1.165, 1.54) is 16.8 Å². The van der Waals surface area contributed by atoms with Crippen molar-refractivity contribution >= 4 is 5.69 Å². The summed E-state index contributed by atoms with van der Waals surface area (Å²) >= 11 is 0. The number of benzene rings is 2. The number of ether oxygens (including phenoxy) is 1. The van der Waals surface area contributed by atoms with Gasteiger partial charge < -0.3 is 9.64 Å². The number of nitrogens with zero attached hydrogens (tertiary/aromatic N) is 2. The number of fused-ring (bicyclic) bond motifs is 1. The maximum absolute atomic E-state index is 6.31. The molecule has 0 radical (unpaired) electrons. The first-order chi connectivity index (χ1) is 11.8. The van der Waals surface area contributed by atoms with Crippen molar-refractivity contribution in [3.63, 3.8) is 0 Å². The van der Waals surface area contributed by atoms with E-state index in [0.717, 1.165) is 29.8 Å². The second kappa shape index (κ2) is 6.36. The van der Waals surface area contributed by atoms with E-state index in [1.807, 2.05) is 30.5 Å². The maximum atomic E-state index is 6.31. The first-order valence-electron chi connectivity index (χ1n) is 8.27. The normalized spacial score (nSPS) is 13.0. The zero-order valence-electron chi connectivity index (χ0n) is 13.8. The molecular formula is C21H20N2O. The van der Waals surface area contributed by atoms with E-state index < -0.39 is 0 Å². The van der Waals surface area contributed by atoms with Crippen LogP contribution < -0.4 is 9.64 Å². The van der Waals surface area contributed by atoms with E-state index in [0.29, 0.717) is 6.61 Å². The van der Waals surface area contributed by atoms with Crippen LogP contribution in [0.25, 0.3) is 11.1 Å². The molecule has 0 fully saturated rings. The van der Waals surface area contributed by atoms with Crippen molar-refractivity contribution in [1.29, 1.82) is 0 Å². The zero-order chi connectivity index (χ0) is 16.4. The van der Waals surface area contributed by atoms with Crippen molar-refractivity contribution in [1.82, 2.24) is 4.98 Å². The summed E-state index contributed by atoms with van der Waals surface area (Å²) in [6.07, 6.45) is 4.72. The minimum Gasteiger partial charge on any atom is -0.488 e. The summed E-state index contributed by atoms with van der Waals surface area (Å²) in [7, 11) is 2.14. The van der Waals surface area contributed by atoms with Gasteiger partial charge >= 0.3 is 0 Å². The Morgan fingerprint density at radius 2 is 1.92 bits per heavy atom. The molecule has 120 valence electrons. The fourth-order valence-electron chi connectivity index (χ4n) is 3.26. The van der Waals surface area contributed by atoms with Crippen molar-refractivity contribution in [2.45, 2.75) is 13.0 Å². The zero-order valence-corrected chi connectivity index (χ0v) is 13.8. The van der Waals surface area contributed by atoms with Gasteiger partial charge in [-0.1, -0.05) is 36.4 Å². The van der Waals surface area contributed by atoms with Crippen molar-refractivity contribution in [2.24, 2.45) is 0 Å². The lowest BCUT2D eigenvalue weighted by Crippen LogP contribution is -2.12.